The van der Waals surface area contributed by atoms with Crippen LogP contribution in [0, 0.1) is 6.92 Å². The summed E-state index contributed by atoms with van der Waals surface area (Å²) >= 11 is 0. The number of carbonyl (C=O) groups excluding carboxylic acids is 1. The molecule has 0 radical (unpaired) electrons. The molecule has 0 unspecified atom stereocenters. The van der Waals surface area contributed by atoms with Crippen LogP contribution in [0.3, 0.4) is 0 Å². The minimum absolute atomic E-state index is 0.221. The number of aryl methyl sites for hydroxylation is 2. The van der Waals surface area contributed by atoms with Gasteiger partial charge in [0.2, 0.25) is 5.91 Å². The number of carbonyl (C=O) groups is 1. The maximum atomic E-state index is 11.9. The van der Waals surface area contributed by atoms with E-state index in [1.165, 1.54) is 0 Å². The molecule has 2 heterocycles. The van der Waals surface area contributed by atoms with Crippen molar-refractivity contribution in [2.24, 2.45) is 0 Å². The Bertz CT molecular complexity index is 381. The molecule has 1 aromatic heterocycles. The Morgan fingerprint density at radius 3 is 2.71 bits per heavy atom. The first-order valence-corrected chi connectivity index (χ1v) is 6.02. The van der Waals surface area contributed by atoms with Crippen LogP contribution < -0.4 is 0 Å². The van der Waals surface area contributed by atoms with Gasteiger partial charge in [-0.1, -0.05) is 0 Å². The Morgan fingerprint density at radius 2 is 2.12 bits per heavy atom. The number of piperazine rings is 1. The molecule has 1 aromatic rings. The van der Waals surface area contributed by atoms with E-state index in [9.17, 15) is 4.79 Å². The molecule has 0 saturated carbocycles. The quantitative estimate of drug-likeness (QED) is 0.776. The zero-order valence-corrected chi connectivity index (χ0v) is 10.5. The van der Waals surface area contributed by atoms with Crippen LogP contribution in [0.5, 0.6) is 0 Å². The van der Waals surface area contributed by atoms with E-state index in [-0.39, 0.29) is 5.91 Å². The second-order valence-electron chi connectivity index (χ2n) is 4.54. The van der Waals surface area contributed by atoms with Crippen molar-refractivity contribution in [1.82, 2.24) is 14.8 Å². The number of likely N-dealkylation sites (N-methyl/N-ethyl adjacent to an activating group) is 1. The highest BCUT2D eigenvalue weighted by atomic mass is 16.3. The van der Waals surface area contributed by atoms with Crippen molar-refractivity contribution in [3.05, 3.63) is 17.8 Å². The molecule has 0 aliphatic carbocycles. The van der Waals surface area contributed by atoms with E-state index in [1.54, 1.807) is 6.26 Å². The van der Waals surface area contributed by atoms with Gasteiger partial charge >= 0.3 is 0 Å². The van der Waals surface area contributed by atoms with Gasteiger partial charge in [-0.25, -0.2) is 4.98 Å². The fourth-order valence-corrected chi connectivity index (χ4v) is 1.97. The van der Waals surface area contributed by atoms with Crippen molar-refractivity contribution in [2.75, 3.05) is 33.2 Å². The van der Waals surface area contributed by atoms with Crippen LogP contribution >= 0.6 is 0 Å². The van der Waals surface area contributed by atoms with Gasteiger partial charge < -0.3 is 14.2 Å². The number of hydrogen-bond donors (Lipinski definition) is 0. The van der Waals surface area contributed by atoms with Crippen LogP contribution in [-0.4, -0.2) is 53.9 Å². The molecular weight excluding hydrogens is 218 g/mol. The molecular formula is C12H19N3O2. The van der Waals surface area contributed by atoms with Crippen molar-refractivity contribution in [3.63, 3.8) is 0 Å². The highest BCUT2D eigenvalue weighted by Crippen LogP contribution is 2.07. The molecule has 1 saturated heterocycles. The molecule has 0 bridgehead atoms. The van der Waals surface area contributed by atoms with E-state index in [1.807, 2.05) is 11.8 Å². The van der Waals surface area contributed by atoms with Gasteiger partial charge in [-0.2, -0.15) is 0 Å². The maximum absolute atomic E-state index is 11.9. The molecule has 0 N–H and O–H groups in total. The molecule has 5 heteroatoms. The van der Waals surface area contributed by atoms with Gasteiger partial charge in [0.05, 0.1) is 5.69 Å². The predicted octanol–water partition coefficient (Wildman–Crippen LogP) is 0.690. The Balaban J connectivity index is 1.77. The molecule has 1 fully saturated rings. The monoisotopic (exact) mass is 237 g/mol. The first-order valence-electron chi connectivity index (χ1n) is 6.02. The zero-order chi connectivity index (χ0) is 12.3. The molecule has 94 valence electrons. The summed E-state index contributed by atoms with van der Waals surface area (Å²) in [6.07, 6.45) is 2.82. The average molecular weight is 237 g/mol. The first kappa shape index (κ1) is 12.1. The Kier molecular flexibility index (Phi) is 3.78. The van der Waals surface area contributed by atoms with E-state index >= 15 is 0 Å². The number of rotatable bonds is 3. The van der Waals surface area contributed by atoms with E-state index in [4.69, 9.17) is 4.42 Å². The second-order valence-corrected chi connectivity index (χ2v) is 4.54. The van der Waals surface area contributed by atoms with Crippen LogP contribution in [0.15, 0.2) is 10.7 Å². The molecule has 1 amide bonds. The number of aromatic nitrogens is 1. The lowest BCUT2D eigenvalue weighted by atomic mass is 10.2. The number of hydrogen-bond acceptors (Lipinski definition) is 4. The molecule has 0 spiro atoms. The summed E-state index contributed by atoms with van der Waals surface area (Å²) in [6.45, 7) is 5.43. The predicted molar refractivity (Wildman–Crippen MR) is 63.6 cm³/mol. The van der Waals surface area contributed by atoms with Crippen LogP contribution in [-0.2, 0) is 11.2 Å². The topological polar surface area (TPSA) is 49.6 Å². The molecule has 2 rings (SSSR count). The largest absolute Gasteiger partial charge is 0.449 e. The third kappa shape index (κ3) is 3.30. The van der Waals surface area contributed by atoms with Gasteiger partial charge in [-0.3, -0.25) is 4.79 Å². The summed E-state index contributed by atoms with van der Waals surface area (Å²) in [5, 5.41) is 0. The lowest BCUT2D eigenvalue weighted by Crippen LogP contribution is -2.47. The molecule has 0 atom stereocenters. The third-order valence-electron chi connectivity index (χ3n) is 3.12. The average Bonchev–Trinajstić information content (AvgIpc) is 2.73. The Hall–Kier alpha value is -1.36. The van der Waals surface area contributed by atoms with Gasteiger partial charge in [0.15, 0.2) is 5.89 Å². The number of nitrogens with zero attached hydrogens (tertiary/aromatic N) is 3. The molecule has 1 aliphatic heterocycles. The standard InChI is InChI=1S/C12H19N3O2/c1-10-13-11(9-17-10)3-4-12(16)15-7-5-14(2)6-8-15/h9H,3-8H2,1-2H3. The van der Waals surface area contributed by atoms with E-state index in [2.05, 4.69) is 16.9 Å². The minimum Gasteiger partial charge on any atom is -0.449 e. The summed E-state index contributed by atoms with van der Waals surface area (Å²) in [4.78, 5) is 20.3. The second kappa shape index (κ2) is 5.31. The number of amides is 1. The van der Waals surface area contributed by atoms with Crippen LogP contribution in [0.4, 0.5) is 0 Å². The van der Waals surface area contributed by atoms with Gasteiger partial charge in [0.1, 0.15) is 6.26 Å². The summed E-state index contributed by atoms with van der Waals surface area (Å²) in [5.74, 6) is 0.880. The normalized spacial score (nSPS) is 17.4. The van der Waals surface area contributed by atoms with Crippen molar-refractivity contribution in [3.8, 4) is 0 Å². The van der Waals surface area contributed by atoms with Crippen molar-refractivity contribution in [2.45, 2.75) is 19.8 Å². The smallest absolute Gasteiger partial charge is 0.223 e. The van der Waals surface area contributed by atoms with Crippen LogP contribution in [0.2, 0.25) is 0 Å². The summed E-state index contributed by atoms with van der Waals surface area (Å²) in [5.41, 5.74) is 0.866. The van der Waals surface area contributed by atoms with Gasteiger partial charge in [0.25, 0.3) is 0 Å². The minimum atomic E-state index is 0.221. The van der Waals surface area contributed by atoms with Gasteiger partial charge in [-0.15, -0.1) is 0 Å². The molecule has 5 nitrogen and oxygen atoms in total. The van der Waals surface area contributed by atoms with Gasteiger partial charge in [0, 0.05) is 45.9 Å². The van der Waals surface area contributed by atoms with E-state index in [0.29, 0.717) is 18.7 Å². The van der Waals surface area contributed by atoms with Gasteiger partial charge in [-0.05, 0) is 7.05 Å². The highest BCUT2D eigenvalue weighted by Gasteiger charge is 2.18. The first-order chi connectivity index (χ1) is 8.15. The van der Waals surface area contributed by atoms with Crippen molar-refractivity contribution < 1.29 is 9.21 Å². The van der Waals surface area contributed by atoms with Crippen LogP contribution in [0.1, 0.15) is 18.0 Å². The maximum Gasteiger partial charge on any atom is 0.223 e. The highest BCUT2D eigenvalue weighted by molar-refractivity contribution is 5.76. The van der Waals surface area contributed by atoms with Crippen LogP contribution in [0.25, 0.3) is 0 Å². The number of oxazole rings is 1. The summed E-state index contributed by atoms with van der Waals surface area (Å²) < 4.78 is 5.11. The zero-order valence-electron chi connectivity index (χ0n) is 10.5. The summed E-state index contributed by atoms with van der Waals surface area (Å²) in [7, 11) is 2.08. The van der Waals surface area contributed by atoms with Crippen molar-refractivity contribution in [1.29, 1.82) is 0 Å². The fraction of sp³-hybridized carbons (Fsp3) is 0.667. The lowest BCUT2D eigenvalue weighted by Gasteiger charge is -2.32. The Morgan fingerprint density at radius 1 is 1.41 bits per heavy atom. The lowest BCUT2D eigenvalue weighted by molar-refractivity contribution is -0.132. The fourth-order valence-electron chi connectivity index (χ4n) is 1.97. The summed E-state index contributed by atoms with van der Waals surface area (Å²) in [6, 6.07) is 0. The SMILES string of the molecule is Cc1nc(CCC(=O)N2CCN(C)CC2)co1. The van der Waals surface area contributed by atoms with E-state index < -0.39 is 0 Å². The molecule has 0 aromatic carbocycles. The molecule has 1 aliphatic rings. The van der Waals surface area contributed by atoms with Crippen molar-refractivity contribution >= 4 is 5.91 Å². The van der Waals surface area contributed by atoms with E-state index in [0.717, 1.165) is 31.9 Å². The molecule has 17 heavy (non-hydrogen) atoms. The Labute approximate surface area is 101 Å². The third-order valence-corrected chi connectivity index (χ3v) is 3.12.